The monoisotopic (exact) mass is 392 g/mol. The van der Waals surface area contributed by atoms with E-state index in [1.165, 1.54) is 6.07 Å². The van der Waals surface area contributed by atoms with Crippen LogP contribution in [0.4, 0.5) is 17.6 Å². The molecule has 0 amide bonds. The van der Waals surface area contributed by atoms with Gasteiger partial charge < -0.3 is 9.84 Å². The Balaban J connectivity index is 2.86. The third kappa shape index (κ3) is 6.93. The number of ether oxygens (including phenoxy) is 1. The molecule has 1 N–H and O–H groups in total. The highest BCUT2D eigenvalue weighted by Gasteiger charge is 2.36. The van der Waals surface area contributed by atoms with Crippen molar-refractivity contribution in [2.24, 2.45) is 5.92 Å². The first-order valence-electron chi connectivity index (χ1n) is 8.64. The van der Waals surface area contributed by atoms with Gasteiger partial charge in [-0.2, -0.15) is 13.2 Å². The zero-order valence-corrected chi connectivity index (χ0v) is 15.5. The molecule has 0 bridgehead atoms. The summed E-state index contributed by atoms with van der Waals surface area (Å²) in [7, 11) is 0. The van der Waals surface area contributed by atoms with E-state index in [1.807, 2.05) is 0 Å². The molecule has 0 saturated heterocycles. The minimum Gasteiger partial charge on any atom is -0.466 e. The molecule has 0 spiro atoms. The van der Waals surface area contributed by atoms with Crippen LogP contribution in [-0.4, -0.2) is 29.1 Å². The topological polar surface area (TPSA) is 63.6 Å². The molecule has 0 aromatic heterocycles. The van der Waals surface area contributed by atoms with Crippen LogP contribution in [-0.2, 0) is 26.9 Å². The maximum Gasteiger partial charge on any atom is 0.419 e. The standard InChI is InChI=1S/C19H24F4O4/c1-4-27-17(25)10-14(24)11-18(26,12(2)3)8-7-13-5-6-16(20)15(9-13)19(21,22)23/h5-6,9,12,26H,4,7-8,10-11H2,1-3H3. The Labute approximate surface area is 155 Å². The van der Waals surface area contributed by atoms with E-state index in [1.54, 1.807) is 20.8 Å². The van der Waals surface area contributed by atoms with Crippen LogP contribution < -0.4 is 0 Å². The van der Waals surface area contributed by atoms with Crippen LogP contribution >= 0.6 is 0 Å². The van der Waals surface area contributed by atoms with Crippen LogP contribution in [0, 0.1) is 11.7 Å². The molecule has 0 aliphatic rings. The predicted octanol–water partition coefficient (Wildman–Crippen LogP) is 4.08. The first-order valence-corrected chi connectivity index (χ1v) is 8.64. The van der Waals surface area contributed by atoms with E-state index in [4.69, 9.17) is 0 Å². The van der Waals surface area contributed by atoms with Gasteiger partial charge in [-0.25, -0.2) is 4.39 Å². The second-order valence-electron chi connectivity index (χ2n) is 6.77. The highest BCUT2D eigenvalue weighted by molar-refractivity contribution is 5.95. The third-order valence-electron chi connectivity index (χ3n) is 4.41. The highest BCUT2D eigenvalue weighted by atomic mass is 19.4. The quantitative estimate of drug-likeness (QED) is 0.391. The van der Waals surface area contributed by atoms with Crippen molar-refractivity contribution in [3.63, 3.8) is 0 Å². The van der Waals surface area contributed by atoms with Gasteiger partial charge >= 0.3 is 12.1 Å². The highest BCUT2D eigenvalue weighted by Crippen LogP contribution is 2.33. The van der Waals surface area contributed by atoms with Gasteiger partial charge in [0.25, 0.3) is 0 Å². The average Bonchev–Trinajstić information content (AvgIpc) is 2.52. The van der Waals surface area contributed by atoms with Gasteiger partial charge in [-0.1, -0.05) is 19.9 Å². The summed E-state index contributed by atoms with van der Waals surface area (Å²) in [6.45, 7) is 5.07. The molecule has 1 unspecified atom stereocenters. The SMILES string of the molecule is CCOC(=O)CC(=O)CC(O)(CCc1ccc(F)c(C(F)(F)F)c1)C(C)C. The molecule has 1 aromatic rings. The van der Waals surface area contributed by atoms with Crippen molar-refractivity contribution >= 4 is 11.8 Å². The fourth-order valence-corrected chi connectivity index (χ4v) is 2.66. The van der Waals surface area contributed by atoms with Crippen LogP contribution in [0.15, 0.2) is 18.2 Å². The molecule has 1 rings (SSSR count). The summed E-state index contributed by atoms with van der Waals surface area (Å²) in [5, 5.41) is 10.8. The second-order valence-corrected chi connectivity index (χ2v) is 6.77. The van der Waals surface area contributed by atoms with Gasteiger partial charge in [-0.3, -0.25) is 9.59 Å². The first-order chi connectivity index (χ1) is 12.4. The lowest BCUT2D eigenvalue weighted by Gasteiger charge is -2.32. The Hall–Kier alpha value is -1.96. The molecular formula is C19H24F4O4. The predicted molar refractivity (Wildman–Crippen MR) is 90.4 cm³/mol. The number of Topliss-reactive ketones (excluding diaryl/α,β-unsaturated/α-hetero) is 1. The Morgan fingerprint density at radius 3 is 2.37 bits per heavy atom. The van der Waals surface area contributed by atoms with Crippen LogP contribution in [0.1, 0.15) is 51.2 Å². The van der Waals surface area contributed by atoms with Crippen LogP contribution in [0.3, 0.4) is 0 Å². The lowest BCUT2D eigenvalue weighted by Crippen LogP contribution is -2.38. The number of aliphatic hydroxyl groups is 1. The van der Waals surface area contributed by atoms with Gasteiger partial charge in [0.2, 0.25) is 0 Å². The van der Waals surface area contributed by atoms with Crippen molar-refractivity contribution in [2.45, 2.75) is 58.2 Å². The smallest absolute Gasteiger partial charge is 0.419 e. The number of rotatable bonds is 9. The number of esters is 1. The van der Waals surface area contributed by atoms with Crippen molar-refractivity contribution < 1.29 is 37.0 Å². The minimum absolute atomic E-state index is 0.0117. The van der Waals surface area contributed by atoms with Gasteiger partial charge in [-0.15, -0.1) is 0 Å². The molecule has 4 nitrogen and oxygen atoms in total. The van der Waals surface area contributed by atoms with Gasteiger partial charge in [0.05, 0.1) is 17.8 Å². The fraction of sp³-hybridized carbons (Fsp3) is 0.579. The molecular weight excluding hydrogens is 368 g/mol. The lowest BCUT2D eigenvalue weighted by atomic mass is 9.80. The van der Waals surface area contributed by atoms with Crippen molar-refractivity contribution in [1.82, 2.24) is 0 Å². The molecule has 27 heavy (non-hydrogen) atoms. The van der Waals surface area contributed by atoms with Gasteiger partial charge in [0, 0.05) is 6.42 Å². The Morgan fingerprint density at radius 2 is 1.85 bits per heavy atom. The zero-order valence-electron chi connectivity index (χ0n) is 15.5. The van der Waals surface area contributed by atoms with Crippen molar-refractivity contribution in [3.8, 4) is 0 Å². The van der Waals surface area contributed by atoms with Gasteiger partial charge in [0.15, 0.2) is 0 Å². The minimum atomic E-state index is -4.82. The normalized spacial score (nSPS) is 14.1. The number of alkyl halides is 3. The molecule has 1 atom stereocenters. The molecule has 152 valence electrons. The Morgan fingerprint density at radius 1 is 1.22 bits per heavy atom. The average molecular weight is 392 g/mol. The second kappa shape index (κ2) is 9.30. The molecule has 0 heterocycles. The van der Waals surface area contributed by atoms with Gasteiger partial charge in [-0.05, 0) is 43.4 Å². The largest absolute Gasteiger partial charge is 0.466 e. The lowest BCUT2D eigenvalue weighted by molar-refractivity contribution is -0.147. The Kier molecular flexibility index (Phi) is 7.95. The molecule has 0 aliphatic carbocycles. The molecule has 0 aliphatic heterocycles. The molecule has 0 fully saturated rings. The summed E-state index contributed by atoms with van der Waals surface area (Å²) >= 11 is 0. The van der Waals surface area contributed by atoms with Crippen LogP contribution in [0.5, 0.6) is 0 Å². The summed E-state index contributed by atoms with van der Waals surface area (Å²) in [6, 6.07) is 2.65. The molecule has 0 radical (unpaired) electrons. The number of carbonyl (C=O) groups excluding carboxylic acids is 2. The Bertz CT molecular complexity index is 670. The third-order valence-corrected chi connectivity index (χ3v) is 4.41. The number of halogens is 4. The van der Waals surface area contributed by atoms with E-state index >= 15 is 0 Å². The molecule has 8 heteroatoms. The summed E-state index contributed by atoms with van der Waals surface area (Å²) < 4.78 is 56.5. The number of aryl methyl sites for hydroxylation is 1. The van der Waals surface area contributed by atoms with Gasteiger partial charge in [0.1, 0.15) is 18.0 Å². The summed E-state index contributed by atoms with van der Waals surface area (Å²) in [6.07, 6.45) is -5.61. The summed E-state index contributed by atoms with van der Waals surface area (Å²) in [5.41, 5.74) is -2.68. The van der Waals surface area contributed by atoms with E-state index in [0.717, 1.165) is 6.07 Å². The van der Waals surface area contributed by atoms with E-state index in [0.29, 0.717) is 6.07 Å². The number of carbonyl (C=O) groups is 2. The first kappa shape index (κ1) is 23.1. The number of hydrogen-bond acceptors (Lipinski definition) is 4. The molecule has 0 saturated carbocycles. The number of benzene rings is 1. The van der Waals surface area contributed by atoms with Crippen LogP contribution in [0.25, 0.3) is 0 Å². The maximum atomic E-state index is 13.4. The van der Waals surface area contributed by atoms with Crippen molar-refractivity contribution in [3.05, 3.63) is 35.1 Å². The summed E-state index contributed by atoms with van der Waals surface area (Å²) in [4.78, 5) is 23.4. The van der Waals surface area contributed by atoms with Crippen LogP contribution in [0.2, 0.25) is 0 Å². The zero-order chi connectivity index (χ0) is 20.8. The van der Waals surface area contributed by atoms with E-state index in [2.05, 4.69) is 4.74 Å². The van der Waals surface area contributed by atoms with Crippen molar-refractivity contribution in [2.75, 3.05) is 6.61 Å². The van der Waals surface area contributed by atoms with E-state index in [-0.39, 0.29) is 37.4 Å². The maximum absolute atomic E-state index is 13.4. The number of ketones is 1. The number of hydrogen-bond donors (Lipinski definition) is 1. The summed E-state index contributed by atoms with van der Waals surface area (Å²) in [5.74, 6) is -2.96. The van der Waals surface area contributed by atoms with E-state index < -0.39 is 41.3 Å². The van der Waals surface area contributed by atoms with E-state index in [9.17, 15) is 32.3 Å². The fourth-order valence-electron chi connectivity index (χ4n) is 2.66. The van der Waals surface area contributed by atoms with Crippen molar-refractivity contribution in [1.29, 1.82) is 0 Å². The molecule has 1 aromatic carbocycles.